The van der Waals surface area contributed by atoms with Gasteiger partial charge in [-0.25, -0.2) is 0 Å². The predicted molar refractivity (Wildman–Crippen MR) is 39.2 cm³/mol. The molecule has 0 N–H and O–H groups in total. The van der Waals surface area contributed by atoms with Crippen LogP contribution in [0.15, 0.2) is 36.3 Å². The van der Waals surface area contributed by atoms with E-state index in [1.54, 1.807) is 6.92 Å². The number of hydrogen-bond donors (Lipinski definition) is 0. The summed E-state index contributed by atoms with van der Waals surface area (Å²) >= 11 is 0. The molecule has 1 saturated heterocycles. The number of alkyl halides is 2. The molecule has 0 spiro atoms. The Balaban J connectivity index is 2.98. The van der Waals surface area contributed by atoms with Crippen LogP contribution in [0.3, 0.4) is 0 Å². The zero-order valence-corrected chi connectivity index (χ0v) is 6.56. The van der Waals surface area contributed by atoms with E-state index >= 15 is 0 Å². The highest BCUT2D eigenvalue weighted by molar-refractivity contribution is 5.31. The third kappa shape index (κ3) is 1.47. The number of ether oxygens (including phenoxy) is 2. The number of halogens is 2. The molecule has 1 aliphatic heterocycles. The van der Waals surface area contributed by atoms with Crippen LogP contribution in [0.2, 0.25) is 0 Å². The smallest absolute Gasteiger partial charge is 0.396 e. The third-order valence-corrected chi connectivity index (χ3v) is 1.38. The standard InChI is InChI=1S/C8H8F2O2/c1-4-5(2)7-6(3)11-8(9,10)12-7/h4H,1,3H2,2H3/b7-5+. The van der Waals surface area contributed by atoms with E-state index in [0.29, 0.717) is 5.57 Å². The van der Waals surface area contributed by atoms with Crippen molar-refractivity contribution in [1.29, 1.82) is 0 Å². The lowest BCUT2D eigenvalue weighted by atomic mass is 10.2. The van der Waals surface area contributed by atoms with Crippen molar-refractivity contribution in [3.05, 3.63) is 36.3 Å². The zero-order valence-electron chi connectivity index (χ0n) is 6.56. The van der Waals surface area contributed by atoms with Crippen molar-refractivity contribution in [2.45, 2.75) is 13.2 Å². The number of rotatable bonds is 1. The van der Waals surface area contributed by atoms with Gasteiger partial charge in [-0.05, 0) is 12.5 Å². The van der Waals surface area contributed by atoms with Crippen molar-refractivity contribution in [3.8, 4) is 0 Å². The SMILES string of the molecule is C=C/C(C)=C1/OC(F)(F)OC1=C. The maximum absolute atomic E-state index is 12.4. The lowest BCUT2D eigenvalue weighted by Crippen LogP contribution is -2.14. The summed E-state index contributed by atoms with van der Waals surface area (Å²) in [7, 11) is 0. The van der Waals surface area contributed by atoms with E-state index in [2.05, 4.69) is 22.6 Å². The van der Waals surface area contributed by atoms with E-state index in [1.165, 1.54) is 6.08 Å². The molecule has 0 bridgehead atoms. The first-order chi connectivity index (χ1) is 5.46. The Labute approximate surface area is 68.8 Å². The third-order valence-electron chi connectivity index (χ3n) is 1.38. The summed E-state index contributed by atoms with van der Waals surface area (Å²) in [6.07, 6.45) is -2.19. The fraction of sp³-hybridized carbons (Fsp3) is 0.250. The molecule has 0 aliphatic carbocycles. The molecule has 12 heavy (non-hydrogen) atoms. The van der Waals surface area contributed by atoms with E-state index in [-0.39, 0.29) is 11.5 Å². The second kappa shape index (κ2) is 2.62. The average molecular weight is 174 g/mol. The van der Waals surface area contributed by atoms with Gasteiger partial charge in [0.1, 0.15) is 0 Å². The molecule has 1 fully saturated rings. The fourth-order valence-electron chi connectivity index (χ4n) is 0.779. The lowest BCUT2D eigenvalue weighted by Gasteiger charge is -2.03. The number of hydrogen-bond acceptors (Lipinski definition) is 2. The predicted octanol–water partition coefficient (Wildman–Crippen LogP) is 2.56. The summed E-state index contributed by atoms with van der Waals surface area (Å²) in [6.45, 7) is 8.26. The average Bonchev–Trinajstić information content (AvgIpc) is 2.23. The highest BCUT2D eigenvalue weighted by Gasteiger charge is 2.45. The van der Waals surface area contributed by atoms with Crippen LogP contribution in [0, 0.1) is 0 Å². The van der Waals surface area contributed by atoms with Crippen LogP contribution < -0.4 is 0 Å². The minimum Gasteiger partial charge on any atom is -0.396 e. The highest BCUT2D eigenvalue weighted by Crippen LogP contribution is 2.37. The Morgan fingerprint density at radius 3 is 2.42 bits per heavy atom. The van der Waals surface area contributed by atoms with Gasteiger partial charge in [0.05, 0.1) is 0 Å². The van der Waals surface area contributed by atoms with Gasteiger partial charge in [-0.3, -0.25) is 0 Å². The summed E-state index contributed by atoms with van der Waals surface area (Å²) < 4.78 is 32.9. The van der Waals surface area contributed by atoms with E-state index < -0.39 is 6.29 Å². The molecule has 1 aliphatic rings. The van der Waals surface area contributed by atoms with Gasteiger partial charge in [-0.1, -0.05) is 19.2 Å². The van der Waals surface area contributed by atoms with Crippen LogP contribution in [0.4, 0.5) is 8.78 Å². The second-order valence-corrected chi connectivity index (χ2v) is 2.31. The molecule has 1 rings (SSSR count). The topological polar surface area (TPSA) is 18.5 Å². The van der Waals surface area contributed by atoms with Gasteiger partial charge in [0.2, 0.25) is 0 Å². The van der Waals surface area contributed by atoms with Crippen LogP contribution in [-0.4, -0.2) is 6.29 Å². The minimum absolute atomic E-state index is 0.0463. The molecule has 1 heterocycles. The summed E-state index contributed by atoms with van der Waals surface area (Å²) in [5.74, 6) is -0.215. The van der Waals surface area contributed by atoms with Gasteiger partial charge in [-0.2, -0.15) is 0 Å². The van der Waals surface area contributed by atoms with Gasteiger partial charge in [0.25, 0.3) is 0 Å². The largest absolute Gasteiger partial charge is 0.586 e. The molecule has 4 heteroatoms. The molecule has 66 valence electrons. The normalized spacial score (nSPS) is 24.4. The Morgan fingerprint density at radius 2 is 2.08 bits per heavy atom. The van der Waals surface area contributed by atoms with Gasteiger partial charge in [0, 0.05) is 0 Å². The summed E-state index contributed by atoms with van der Waals surface area (Å²) in [5, 5.41) is 0. The monoisotopic (exact) mass is 174 g/mol. The Kier molecular flexibility index (Phi) is 1.92. The van der Waals surface area contributed by atoms with Crippen LogP contribution in [0.1, 0.15) is 6.92 Å². The molecule has 0 saturated carbocycles. The van der Waals surface area contributed by atoms with Crippen molar-refractivity contribution >= 4 is 0 Å². The quantitative estimate of drug-likeness (QED) is 0.608. The van der Waals surface area contributed by atoms with Gasteiger partial charge >= 0.3 is 6.29 Å². The van der Waals surface area contributed by atoms with Gasteiger partial charge < -0.3 is 9.47 Å². The van der Waals surface area contributed by atoms with E-state index in [9.17, 15) is 8.78 Å². The first-order valence-corrected chi connectivity index (χ1v) is 3.24. The Morgan fingerprint density at radius 1 is 1.50 bits per heavy atom. The Bertz CT molecular complexity index is 266. The molecular weight excluding hydrogens is 166 g/mol. The van der Waals surface area contributed by atoms with Crippen LogP contribution >= 0.6 is 0 Å². The van der Waals surface area contributed by atoms with E-state index in [4.69, 9.17) is 0 Å². The van der Waals surface area contributed by atoms with E-state index in [1.807, 2.05) is 0 Å². The second-order valence-electron chi connectivity index (χ2n) is 2.31. The van der Waals surface area contributed by atoms with Crippen LogP contribution in [-0.2, 0) is 9.47 Å². The first kappa shape index (κ1) is 8.77. The molecule has 0 aromatic heterocycles. The molecule has 2 nitrogen and oxygen atoms in total. The molecule has 0 atom stereocenters. The molecule has 0 unspecified atom stereocenters. The maximum Gasteiger partial charge on any atom is 0.586 e. The van der Waals surface area contributed by atoms with Crippen molar-refractivity contribution in [3.63, 3.8) is 0 Å². The Hall–Kier alpha value is -1.32. The molecule has 0 aromatic rings. The van der Waals surface area contributed by atoms with Crippen molar-refractivity contribution < 1.29 is 18.3 Å². The molecular formula is C8H8F2O2. The highest BCUT2D eigenvalue weighted by atomic mass is 19.3. The lowest BCUT2D eigenvalue weighted by molar-refractivity contribution is -0.326. The number of allylic oxidation sites excluding steroid dienone is 2. The van der Waals surface area contributed by atoms with Gasteiger partial charge in [0.15, 0.2) is 11.5 Å². The van der Waals surface area contributed by atoms with E-state index in [0.717, 1.165) is 0 Å². The fourth-order valence-corrected chi connectivity index (χ4v) is 0.779. The summed E-state index contributed by atoms with van der Waals surface area (Å²) in [5.41, 5.74) is 0.470. The van der Waals surface area contributed by atoms with Crippen molar-refractivity contribution in [1.82, 2.24) is 0 Å². The molecule has 0 amide bonds. The van der Waals surface area contributed by atoms with Crippen LogP contribution in [0.25, 0.3) is 0 Å². The van der Waals surface area contributed by atoms with Crippen molar-refractivity contribution in [2.24, 2.45) is 0 Å². The maximum atomic E-state index is 12.4. The van der Waals surface area contributed by atoms with Gasteiger partial charge in [-0.15, -0.1) is 8.78 Å². The zero-order chi connectivity index (χ0) is 9.35. The summed E-state index contributed by atoms with van der Waals surface area (Å²) in [4.78, 5) is 0. The van der Waals surface area contributed by atoms with Crippen LogP contribution in [0.5, 0.6) is 0 Å². The first-order valence-electron chi connectivity index (χ1n) is 3.24. The molecule has 0 radical (unpaired) electrons. The molecule has 0 aromatic carbocycles. The van der Waals surface area contributed by atoms with Crippen molar-refractivity contribution in [2.75, 3.05) is 0 Å². The summed E-state index contributed by atoms with van der Waals surface area (Å²) in [6, 6.07) is 0. The minimum atomic E-state index is -3.59.